The molecule has 0 fully saturated rings. The molecule has 1 amide bonds. The maximum atomic E-state index is 11.1. The fourth-order valence-electron chi connectivity index (χ4n) is 1.45. The zero-order chi connectivity index (χ0) is 10.9. The van der Waals surface area contributed by atoms with Crippen molar-refractivity contribution in [3.63, 3.8) is 0 Å². The molecule has 3 nitrogen and oxygen atoms in total. The molecule has 1 aromatic heterocycles. The first-order valence-electron chi connectivity index (χ1n) is 5.53. The minimum atomic E-state index is 0. The van der Waals surface area contributed by atoms with Crippen LogP contribution in [0, 0.1) is 0 Å². The molecule has 0 spiro atoms. The molecule has 1 N–H and O–H groups in total. The number of aromatic nitrogens is 1. The molecule has 16 heavy (non-hydrogen) atoms. The first kappa shape index (κ1) is 15.1. The average Bonchev–Trinajstić information content (AvgIpc) is 2.26. The van der Waals surface area contributed by atoms with E-state index in [0.29, 0.717) is 6.42 Å². The summed E-state index contributed by atoms with van der Waals surface area (Å²) < 4.78 is 2.14. The van der Waals surface area contributed by atoms with Gasteiger partial charge in [0, 0.05) is 31.5 Å². The van der Waals surface area contributed by atoms with Gasteiger partial charge >= 0.3 is 0 Å². The molecule has 0 aromatic carbocycles. The molecular weight excluding hydrogens is 268 g/mol. The minimum absolute atomic E-state index is 0. The molecule has 1 aromatic rings. The molecule has 4 heteroatoms. The highest BCUT2D eigenvalue weighted by Crippen LogP contribution is 1.95. The van der Waals surface area contributed by atoms with Crippen LogP contribution in [0.4, 0.5) is 0 Å². The van der Waals surface area contributed by atoms with Crippen LogP contribution in [0.2, 0.25) is 0 Å². The van der Waals surface area contributed by atoms with Crippen molar-refractivity contribution < 1.29 is 26.3 Å². The van der Waals surface area contributed by atoms with E-state index in [9.17, 15) is 4.79 Å². The Balaban J connectivity index is 0.00000225. The predicted molar refractivity (Wildman–Crippen MR) is 59.2 cm³/mol. The number of unbranched alkanes of at least 4 members (excludes halogenated alkanes) is 1. The molecule has 0 atom stereocenters. The summed E-state index contributed by atoms with van der Waals surface area (Å²) in [7, 11) is 0. The van der Waals surface area contributed by atoms with Gasteiger partial charge in [-0.25, -0.2) is 4.57 Å². The average molecular weight is 287 g/mol. The van der Waals surface area contributed by atoms with Crippen molar-refractivity contribution in [2.75, 3.05) is 6.54 Å². The molecule has 0 saturated carbocycles. The van der Waals surface area contributed by atoms with Gasteiger partial charge in [0.15, 0.2) is 12.4 Å². The normalized spacial score (nSPS) is 9.31. The molecule has 0 aliphatic carbocycles. The van der Waals surface area contributed by atoms with Crippen LogP contribution < -0.4 is 26.9 Å². The molecule has 0 bridgehead atoms. The lowest BCUT2D eigenvalue weighted by molar-refractivity contribution is -0.697. The molecular formula is C12H19BrN2O. The Hall–Kier alpha value is -0.900. The number of aryl methyl sites for hydroxylation is 1. The van der Waals surface area contributed by atoms with E-state index in [0.717, 1.165) is 25.9 Å². The number of pyridine rings is 1. The number of carbonyl (C=O) groups is 1. The highest BCUT2D eigenvalue weighted by molar-refractivity contribution is 5.75. The second kappa shape index (κ2) is 9.33. The van der Waals surface area contributed by atoms with Gasteiger partial charge in [-0.05, 0) is 13.3 Å². The Kier molecular flexibility index (Phi) is 8.81. The Labute approximate surface area is 108 Å². The number of amides is 1. The first-order chi connectivity index (χ1) is 7.33. The zero-order valence-electron chi connectivity index (χ0n) is 9.66. The monoisotopic (exact) mass is 286 g/mol. The van der Waals surface area contributed by atoms with Crippen LogP contribution in [0.15, 0.2) is 30.6 Å². The van der Waals surface area contributed by atoms with Crippen molar-refractivity contribution in [1.29, 1.82) is 0 Å². The fraction of sp³-hybridized carbons (Fsp3) is 0.500. The Morgan fingerprint density at radius 2 is 1.88 bits per heavy atom. The van der Waals surface area contributed by atoms with Crippen molar-refractivity contribution in [3.8, 4) is 0 Å². The van der Waals surface area contributed by atoms with Gasteiger partial charge in [-0.2, -0.15) is 0 Å². The molecule has 0 saturated heterocycles. The number of rotatable bonds is 6. The Morgan fingerprint density at radius 1 is 1.19 bits per heavy atom. The van der Waals surface area contributed by atoms with E-state index >= 15 is 0 Å². The third-order valence-corrected chi connectivity index (χ3v) is 2.22. The fourth-order valence-corrected chi connectivity index (χ4v) is 1.45. The van der Waals surface area contributed by atoms with E-state index in [1.165, 1.54) is 0 Å². The largest absolute Gasteiger partial charge is 1.00 e. The minimum Gasteiger partial charge on any atom is -1.00 e. The Morgan fingerprint density at radius 3 is 2.50 bits per heavy atom. The SMILES string of the molecule is CCNC(=O)CCCC[n+]1ccccc1.[Br-]. The van der Waals surface area contributed by atoms with Crippen molar-refractivity contribution in [2.45, 2.75) is 32.7 Å². The van der Waals surface area contributed by atoms with Gasteiger partial charge in [0.2, 0.25) is 5.91 Å². The van der Waals surface area contributed by atoms with Gasteiger partial charge in [-0.3, -0.25) is 4.79 Å². The van der Waals surface area contributed by atoms with Gasteiger partial charge in [0.1, 0.15) is 6.54 Å². The van der Waals surface area contributed by atoms with Crippen LogP contribution in [0.3, 0.4) is 0 Å². The van der Waals surface area contributed by atoms with Gasteiger partial charge in [0.25, 0.3) is 0 Å². The van der Waals surface area contributed by atoms with Crippen molar-refractivity contribution in [3.05, 3.63) is 30.6 Å². The lowest BCUT2D eigenvalue weighted by Crippen LogP contribution is -3.00. The summed E-state index contributed by atoms with van der Waals surface area (Å²) in [4.78, 5) is 11.1. The van der Waals surface area contributed by atoms with Crippen LogP contribution in [-0.4, -0.2) is 12.5 Å². The van der Waals surface area contributed by atoms with E-state index in [-0.39, 0.29) is 22.9 Å². The number of halogens is 1. The number of hydrogen-bond acceptors (Lipinski definition) is 1. The lowest BCUT2D eigenvalue weighted by atomic mass is 10.2. The quantitative estimate of drug-likeness (QED) is 0.490. The summed E-state index contributed by atoms with van der Waals surface area (Å²) >= 11 is 0. The van der Waals surface area contributed by atoms with E-state index < -0.39 is 0 Å². The number of carbonyl (C=O) groups excluding carboxylic acids is 1. The summed E-state index contributed by atoms with van der Waals surface area (Å²) in [6.45, 7) is 3.66. The van der Waals surface area contributed by atoms with Gasteiger partial charge in [-0.15, -0.1) is 0 Å². The second-order valence-electron chi connectivity index (χ2n) is 3.52. The molecule has 0 aliphatic heterocycles. The smallest absolute Gasteiger partial charge is 0.219 e. The third-order valence-electron chi connectivity index (χ3n) is 2.22. The van der Waals surface area contributed by atoms with E-state index in [1.807, 2.05) is 37.5 Å². The van der Waals surface area contributed by atoms with E-state index in [2.05, 4.69) is 9.88 Å². The number of hydrogen-bond donors (Lipinski definition) is 1. The molecule has 0 unspecified atom stereocenters. The van der Waals surface area contributed by atoms with Crippen LogP contribution >= 0.6 is 0 Å². The van der Waals surface area contributed by atoms with Crippen molar-refractivity contribution in [2.24, 2.45) is 0 Å². The van der Waals surface area contributed by atoms with E-state index in [4.69, 9.17) is 0 Å². The maximum Gasteiger partial charge on any atom is 0.219 e. The maximum absolute atomic E-state index is 11.1. The van der Waals surface area contributed by atoms with E-state index in [1.54, 1.807) is 0 Å². The molecule has 0 radical (unpaired) electrons. The predicted octanol–water partition coefficient (Wildman–Crippen LogP) is -1.72. The lowest BCUT2D eigenvalue weighted by Gasteiger charge is -2.00. The van der Waals surface area contributed by atoms with Gasteiger partial charge in [-0.1, -0.05) is 6.07 Å². The standard InChI is InChI=1S/C12H18N2O.BrH/c1-2-13-12(15)8-4-7-11-14-9-5-3-6-10-14;/h3,5-6,9-10H,2,4,7-8,11H2,1H3;1H. The Bertz CT molecular complexity index is 290. The molecule has 1 rings (SSSR count). The van der Waals surface area contributed by atoms with Gasteiger partial charge in [0.05, 0.1) is 0 Å². The van der Waals surface area contributed by atoms with Crippen molar-refractivity contribution in [1.82, 2.24) is 5.32 Å². The summed E-state index contributed by atoms with van der Waals surface area (Å²) in [5, 5.41) is 2.80. The van der Waals surface area contributed by atoms with Crippen LogP contribution in [-0.2, 0) is 11.3 Å². The van der Waals surface area contributed by atoms with Gasteiger partial charge < -0.3 is 22.3 Å². The number of nitrogens with zero attached hydrogens (tertiary/aromatic N) is 1. The second-order valence-corrected chi connectivity index (χ2v) is 3.52. The molecule has 0 aliphatic rings. The summed E-state index contributed by atoms with van der Waals surface area (Å²) in [6.07, 6.45) is 6.74. The van der Waals surface area contributed by atoms with Crippen LogP contribution in [0.1, 0.15) is 26.2 Å². The number of nitrogens with one attached hydrogen (secondary N) is 1. The summed E-state index contributed by atoms with van der Waals surface area (Å²) in [5.74, 6) is 0.163. The first-order valence-corrected chi connectivity index (χ1v) is 5.53. The molecule has 90 valence electrons. The highest BCUT2D eigenvalue weighted by Gasteiger charge is 2.01. The van der Waals surface area contributed by atoms with Crippen molar-refractivity contribution >= 4 is 5.91 Å². The third kappa shape index (κ3) is 6.56. The summed E-state index contributed by atoms with van der Waals surface area (Å²) in [5.41, 5.74) is 0. The summed E-state index contributed by atoms with van der Waals surface area (Å²) in [6, 6.07) is 6.04. The topological polar surface area (TPSA) is 33.0 Å². The molecule has 1 heterocycles. The van der Waals surface area contributed by atoms with Crippen LogP contribution in [0.25, 0.3) is 0 Å². The van der Waals surface area contributed by atoms with Crippen LogP contribution in [0.5, 0.6) is 0 Å². The highest BCUT2D eigenvalue weighted by atomic mass is 79.9. The zero-order valence-corrected chi connectivity index (χ0v) is 11.2.